The number of rotatable bonds is 7. The Morgan fingerprint density at radius 1 is 1.46 bits per heavy atom. The summed E-state index contributed by atoms with van der Waals surface area (Å²) in [5, 5.41) is 3.36. The summed E-state index contributed by atoms with van der Waals surface area (Å²) >= 11 is 0. The molecule has 1 aliphatic heterocycles. The minimum absolute atomic E-state index is 0.209. The molecule has 26 heavy (non-hydrogen) atoms. The highest BCUT2D eigenvalue weighted by Gasteiger charge is 2.27. The molecule has 150 valence electrons. The molecule has 1 saturated heterocycles. The highest BCUT2D eigenvalue weighted by atomic mass is 16.6. The minimum atomic E-state index is -0.450. The van der Waals surface area contributed by atoms with Crippen LogP contribution >= 0.6 is 0 Å². The van der Waals surface area contributed by atoms with Crippen LogP contribution in [-0.4, -0.2) is 67.2 Å². The number of amides is 1. The Kier molecular flexibility index (Phi) is 9.52. The number of aliphatic imine (C=N–C) groups is 1. The molecule has 6 nitrogen and oxygen atoms in total. The summed E-state index contributed by atoms with van der Waals surface area (Å²) in [5.74, 6) is 1.32. The van der Waals surface area contributed by atoms with Crippen molar-refractivity contribution < 1.29 is 9.53 Å². The molecule has 0 aromatic heterocycles. The third kappa shape index (κ3) is 8.59. The second kappa shape index (κ2) is 11.1. The average molecular weight is 367 g/mol. The molecule has 0 saturated carbocycles. The molecule has 0 spiro atoms. The lowest BCUT2D eigenvalue weighted by Crippen LogP contribution is -2.44. The van der Waals surface area contributed by atoms with E-state index in [0.29, 0.717) is 5.92 Å². The van der Waals surface area contributed by atoms with E-state index < -0.39 is 5.60 Å². The van der Waals surface area contributed by atoms with E-state index in [0.717, 1.165) is 64.4 Å². The first-order valence-electron chi connectivity index (χ1n) is 9.85. The molecular formula is C20H38N4O2. The Hall–Kier alpha value is -1.72. The fraction of sp³-hybridized carbons (Fsp3) is 0.800. The van der Waals surface area contributed by atoms with Gasteiger partial charge in [0.2, 0.25) is 0 Å². The summed E-state index contributed by atoms with van der Waals surface area (Å²) in [6.45, 7) is 15.6. The van der Waals surface area contributed by atoms with Crippen molar-refractivity contribution in [1.29, 1.82) is 0 Å². The van der Waals surface area contributed by atoms with E-state index in [1.54, 1.807) is 0 Å². The zero-order valence-electron chi connectivity index (χ0n) is 17.4. The van der Waals surface area contributed by atoms with Gasteiger partial charge in [-0.25, -0.2) is 4.79 Å². The maximum atomic E-state index is 12.3. The fourth-order valence-electron chi connectivity index (χ4n) is 2.97. The number of allylic oxidation sites excluding steroid dienone is 1. The molecule has 1 fully saturated rings. The van der Waals surface area contributed by atoms with Gasteiger partial charge in [0, 0.05) is 39.8 Å². The van der Waals surface area contributed by atoms with Gasteiger partial charge in [-0.05, 0) is 59.3 Å². The number of unbranched alkanes of at least 4 members (excludes halogenated alkanes) is 1. The third-order valence-electron chi connectivity index (χ3n) is 4.27. The van der Waals surface area contributed by atoms with Gasteiger partial charge < -0.3 is 19.9 Å². The number of carbonyl (C=O) groups is 1. The summed E-state index contributed by atoms with van der Waals surface area (Å²) in [7, 11) is 2.07. The molecule has 0 aliphatic carbocycles. The van der Waals surface area contributed by atoms with E-state index in [9.17, 15) is 4.79 Å². The van der Waals surface area contributed by atoms with Crippen LogP contribution in [-0.2, 0) is 4.74 Å². The van der Waals surface area contributed by atoms with Gasteiger partial charge in [0.25, 0.3) is 0 Å². The SMILES string of the molecule is C=CCCCN(C)C(=NCC1CCCN(C(=O)OC(C)(C)C)C1)NCC. The lowest BCUT2D eigenvalue weighted by molar-refractivity contribution is 0.0170. The zero-order valence-corrected chi connectivity index (χ0v) is 17.4. The number of hydrogen-bond donors (Lipinski definition) is 1. The highest BCUT2D eigenvalue weighted by Crippen LogP contribution is 2.19. The van der Waals surface area contributed by atoms with E-state index in [1.165, 1.54) is 0 Å². The van der Waals surface area contributed by atoms with E-state index >= 15 is 0 Å². The number of ether oxygens (including phenoxy) is 1. The molecule has 1 atom stereocenters. The van der Waals surface area contributed by atoms with Crippen molar-refractivity contribution in [3.63, 3.8) is 0 Å². The predicted octanol–water partition coefficient (Wildman–Crippen LogP) is 3.50. The second-order valence-electron chi connectivity index (χ2n) is 7.98. The first-order chi connectivity index (χ1) is 12.3. The van der Waals surface area contributed by atoms with Gasteiger partial charge >= 0.3 is 6.09 Å². The molecule has 6 heteroatoms. The Morgan fingerprint density at radius 2 is 2.19 bits per heavy atom. The van der Waals surface area contributed by atoms with Crippen LogP contribution in [0, 0.1) is 5.92 Å². The molecule has 1 rings (SSSR count). The largest absolute Gasteiger partial charge is 0.444 e. The van der Waals surface area contributed by atoms with Crippen LogP contribution in [0.4, 0.5) is 4.79 Å². The maximum Gasteiger partial charge on any atom is 0.410 e. The summed E-state index contributed by atoms with van der Waals surface area (Å²) in [5.41, 5.74) is -0.450. The van der Waals surface area contributed by atoms with Crippen molar-refractivity contribution >= 4 is 12.1 Å². The standard InChI is InChI=1S/C20H38N4O2/c1-7-9-10-13-23(6)18(21-8-2)22-15-17-12-11-14-24(16-17)19(25)26-20(3,4)5/h7,17H,1,8-16H2,2-6H3,(H,21,22). The molecule has 0 aromatic carbocycles. The maximum absolute atomic E-state index is 12.3. The molecular weight excluding hydrogens is 328 g/mol. The molecule has 1 unspecified atom stereocenters. The van der Waals surface area contributed by atoms with Crippen LogP contribution in [0.3, 0.4) is 0 Å². The Balaban J connectivity index is 2.59. The van der Waals surface area contributed by atoms with Crippen molar-refractivity contribution in [2.45, 2.75) is 59.0 Å². The molecule has 1 amide bonds. The van der Waals surface area contributed by atoms with Gasteiger partial charge in [0.05, 0.1) is 0 Å². The number of hydrogen-bond acceptors (Lipinski definition) is 3. The molecule has 0 radical (unpaired) electrons. The molecule has 1 N–H and O–H groups in total. The lowest BCUT2D eigenvalue weighted by Gasteiger charge is -2.33. The van der Waals surface area contributed by atoms with Gasteiger partial charge in [-0.15, -0.1) is 6.58 Å². The summed E-state index contributed by atoms with van der Waals surface area (Å²) < 4.78 is 5.51. The molecule has 0 aromatic rings. The first-order valence-corrected chi connectivity index (χ1v) is 9.85. The Bertz CT molecular complexity index is 471. The van der Waals surface area contributed by atoms with Crippen LogP contribution in [0.1, 0.15) is 53.4 Å². The van der Waals surface area contributed by atoms with Gasteiger partial charge in [-0.3, -0.25) is 4.99 Å². The number of carbonyl (C=O) groups excluding carboxylic acids is 1. The van der Waals surface area contributed by atoms with Crippen LogP contribution < -0.4 is 5.32 Å². The monoisotopic (exact) mass is 366 g/mol. The van der Waals surface area contributed by atoms with Crippen molar-refractivity contribution in [2.24, 2.45) is 10.9 Å². The van der Waals surface area contributed by atoms with Crippen LogP contribution in [0.5, 0.6) is 0 Å². The van der Waals surface area contributed by atoms with Crippen LogP contribution in [0.25, 0.3) is 0 Å². The number of nitrogens with one attached hydrogen (secondary N) is 1. The normalized spacial score (nSPS) is 18.4. The molecule has 0 bridgehead atoms. The minimum Gasteiger partial charge on any atom is -0.444 e. The first kappa shape index (κ1) is 22.3. The Labute approximate surface area is 159 Å². The number of likely N-dealkylation sites (tertiary alicyclic amines) is 1. The van der Waals surface area contributed by atoms with Gasteiger partial charge in [-0.1, -0.05) is 6.08 Å². The van der Waals surface area contributed by atoms with E-state index in [1.807, 2.05) is 31.7 Å². The third-order valence-corrected chi connectivity index (χ3v) is 4.27. The molecule has 1 heterocycles. The van der Waals surface area contributed by atoms with Crippen LogP contribution in [0.15, 0.2) is 17.6 Å². The van der Waals surface area contributed by atoms with Gasteiger partial charge in [-0.2, -0.15) is 0 Å². The highest BCUT2D eigenvalue weighted by molar-refractivity contribution is 5.79. The van der Waals surface area contributed by atoms with Crippen molar-refractivity contribution in [1.82, 2.24) is 15.1 Å². The van der Waals surface area contributed by atoms with E-state index in [-0.39, 0.29) is 6.09 Å². The van der Waals surface area contributed by atoms with Crippen molar-refractivity contribution in [2.75, 3.05) is 39.8 Å². The summed E-state index contributed by atoms with van der Waals surface area (Å²) in [6, 6.07) is 0. The average Bonchev–Trinajstić information content (AvgIpc) is 2.57. The topological polar surface area (TPSA) is 57.2 Å². The number of guanidine groups is 1. The van der Waals surface area contributed by atoms with Crippen molar-refractivity contribution in [3.8, 4) is 0 Å². The fourth-order valence-corrected chi connectivity index (χ4v) is 2.97. The second-order valence-corrected chi connectivity index (χ2v) is 7.98. The van der Waals surface area contributed by atoms with Gasteiger partial charge in [0.15, 0.2) is 5.96 Å². The number of nitrogens with zero attached hydrogens (tertiary/aromatic N) is 3. The zero-order chi connectivity index (χ0) is 19.6. The van der Waals surface area contributed by atoms with Crippen molar-refractivity contribution in [3.05, 3.63) is 12.7 Å². The van der Waals surface area contributed by atoms with E-state index in [2.05, 4.69) is 30.8 Å². The summed E-state index contributed by atoms with van der Waals surface area (Å²) in [6.07, 6.45) is 5.93. The predicted molar refractivity (Wildman–Crippen MR) is 109 cm³/mol. The quantitative estimate of drug-likeness (QED) is 0.324. The number of piperidine rings is 1. The molecule has 1 aliphatic rings. The lowest BCUT2D eigenvalue weighted by atomic mass is 9.98. The van der Waals surface area contributed by atoms with Crippen LogP contribution in [0.2, 0.25) is 0 Å². The van der Waals surface area contributed by atoms with Gasteiger partial charge in [0.1, 0.15) is 5.60 Å². The Morgan fingerprint density at radius 3 is 2.81 bits per heavy atom. The smallest absolute Gasteiger partial charge is 0.410 e. The van der Waals surface area contributed by atoms with E-state index in [4.69, 9.17) is 9.73 Å². The summed E-state index contributed by atoms with van der Waals surface area (Å²) in [4.78, 5) is 21.1.